The van der Waals surface area contributed by atoms with E-state index in [2.05, 4.69) is 0 Å². The minimum Gasteiger partial charge on any atom is -0.497 e. The molecular formula is C16H17Cl2NO2. The summed E-state index contributed by atoms with van der Waals surface area (Å²) in [6.07, 6.45) is 0. The Morgan fingerprint density at radius 3 is 2.62 bits per heavy atom. The molecule has 0 aliphatic rings. The van der Waals surface area contributed by atoms with Gasteiger partial charge in [-0.2, -0.15) is 0 Å². The number of hydrogen-bond donors (Lipinski definition) is 1. The third kappa shape index (κ3) is 3.82. The number of hydrogen-bond acceptors (Lipinski definition) is 3. The van der Waals surface area contributed by atoms with E-state index in [1.165, 1.54) is 0 Å². The first kappa shape index (κ1) is 16.0. The largest absolute Gasteiger partial charge is 0.497 e. The fourth-order valence-corrected chi connectivity index (χ4v) is 2.33. The summed E-state index contributed by atoms with van der Waals surface area (Å²) in [5.74, 6) is 1.40. The summed E-state index contributed by atoms with van der Waals surface area (Å²) in [5, 5.41) is 1.01. The second kappa shape index (κ2) is 7.03. The van der Waals surface area contributed by atoms with Gasteiger partial charge in [0.25, 0.3) is 0 Å². The lowest BCUT2D eigenvalue weighted by Gasteiger charge is -2.16. The highest BCUT2D eigenvalue weighted by molar-refractivity contribution is 6.42. The van der Waals surface area contributed by atoms with Gasteiger partial charge in [0.05, 0.1) is 17.2 Å². The van der Waals surface area contributed by atoms with Crippen LogP contribution < -0.4 is 15.2 Å². The third-order valence-electron chi connectivity index (χ3n) is 3.13. The van der Waals surface area contributed by atoms with Gasteiger partial charge in [0.15, 0.2) is 0 Å². The molecule has 1 atom stereocenters. The van der Waals surface area contributed by atoms with E-state index in [0.29, 0.717) is 28.2 Å². The second-order valence-electron chi connectivity index (χ2n) is 4.69. The number of nitrogens with two attached hydrogens (primary N) is 1. The van der Waals surface area contributed by atoms with Gasteiger partial charge in [-0.25, -0.2) is 0 Å². The minimum absolute atomic E-state index is 0.138. The molecule has 0 aliphatic heterocycles. The van der Waals surface area contributed by atoms with Crippen LogP contribution in [0.4, 0.5) is 0 Å². The summed E-state index contributed by atoms with van der Waals surface area (Å²) < 4.78 is 11.1. The number of ether oxygens (including phenoxy) is 2. The lowest BCUT2D eigenvalue weighted by Crippen LogP contribution is -2.08. The molecule has 0 radical (unpaired) electrons. The van der Waals surface area contributed by atoms with Gasteiger partial charge in [0.1, 0.15) is 18.1 Å². The molecule has 2 aromatic carbocycles. The maximum atomic E-state index is 6.16. The van der Waals surface area contributed by atoms with Gasteiger partial charge in [-0.3, -0.25) is 0 Å². The molecule has 3 nitrogen and oxygen atoms in total. The fraction of sp³-hybridized carbons (Fsp3) is 0.250. The average Bonchev–Trinajstić information content (AvgIpc) is 2.48. The van der Waals surface area contributed by atoms with Gasteiger partial charge in [0, 0.05) is 23.2 Å². The van der Waals surface area contributed by atoms with Crippen LogP contribution in [0.15, 0.2) is 36.4 Å². The summed E-state index contributed by atoms with van der Waals surface area (Å²) in [5.41, 5.74) is 7.69. The Labute approximate surface area is 134 Å². The Kier molecular flexibility index (Phi) is 5.34. The first-order valence-corrected chi connectivity index (χ1v) is 7.27. The molecule has 0 bridgehead atoms. The van der Waals surface area contributed by atoms with Crippen LogP contribution in [0.2, 0.25) is 10.0 Å². The van der Waals surface area contributed by atoms with E-state index < -0.39 is 0 Å². The van der Waals surface area contributed by atoms with E-state index in [1.807, 2.05) is 37.3 Å². The Morgan fingerprint density at radius 1 is 1.19 bits per heavy atom. The molecular weight excluding hydrogens is 309 g/mol. The maximum absolute atomic E-state index is 6.16. The average molecular weight is 326 g/mol. The van der Waals surface area contributed by atoms with Gasteiger partial charge in [-0.15, -0.1) is 0 Å². The van der Waals surface area contributed by atoms with Crippen LogP contribution in [0.3, 0.4) is 0 Å². The normalized spacial score (nSPS) is 12.0. The van der Waals surface area contributed by atoms with Crippen molar-refractivity contribution >= 4 is 23.2 Å². The van der Waals surface area contributed by atoms with Crippen LogP contribution in [0, 0.1) is 0 Å². The van der Waals surface area contributed by atoms with E-state index >= 15 is 0 Å². The smallest absolute Gasteiger partial charge is 0.128 e. The zero-order chi connectivity index (χ0) is 15.4. The lowest BCUT2D eigenvalue weighted by molar-refractivity contribution is 0.299. The third-order valence-corrected chi connectivity index (χ3v) is 3.98. The quantitative estimate of drug-likeness (QED) is 0.873. The standard InChI is InChI=1S/C16H17Cl2NO2/c1-10(19)13-7-6-12(20-2)8-15(13)21-9-11-4-3-5-14(17)16(11)18/h3-8,10H,9,19H2,1-2H3. The van der Waals surface area contributed by atoms with Gasteiger partial charge in [-0.1, -0.05) is 41.4 Å². The molecule has 21 heavy (non-hydrogen) atoms. The van der Waals surface area contributed by atoms with Crippen molar-refractivity contribution in [2.45, 2.75) is 19.6 Å². The van der Waals surface area contributed by atoms with E-state index in [4.69, 9.17) is 38.4 Å². The molecule has 112 valence electrons. The summed E-state index contributed by atoms with van der Waals surface area (Å²) in [4.78, 5) is 0. The molecule has 0 fully saturated rings. The van der Waals surface area contributed by atoms with Gasteiger partial charge >= 0.3 is 0 Å². The van der Waals surface area contributed by atoms with Crippen molar-refractivity contribution in [2.24, 2.45) is 5.73 Å². The van der Waals surface area contributed by atoms with Crippen molar-refractivity contribution in [3.05, 3.63) is 57.6 Å². The molecule has 2 aromatic rings. The predicted molar refractivity (Wildman–Crippen MR) is 86.4 cm³/mol. The van der Waals surface area contributed by atoms with Crippen molar-refractivity contribution in [3.63, 3.8) is 0 Å². The molecule has 2 rings (SSSR count). The van der Waals surface area contributed by atoms with Crippen LogP contribution in [0.5, 0.6) is 11.5 Å². The SMILES string of the molecule is COc1ccc(C(C)N)c(OCc2cccc(Cl)c2Cl)c1. The molecule has 1 unspecified atom stereocenters. The van der Waals surface area contributed by atoms with E-state index in [0.717, 1.165) is 11.1 Å². The number of halogens is 2. The van der Waals surface area contributed by atoms with Crippen molar-refractivity contribution in [2.75, 3.05) is 7.11 Å². The summed E-state index contributed by atoms with van der Waals surface area (Å²) in [6.45, 7) is 2.22. The van der Waals surface area contributed by atoms with Gasteiger partial charge < -0.3 is 15.2 Å². The highest BCUT2D eigenvalue weighted by Gasteiger charge is 2.11. The monoisotopic (exact) mass is 325 g/mol. The highest BCUT2D eigenvalue weighted by atomic mass is 35.5. The molecule has 0 aromatic heterocycles. The Balaban J connectivity index is 2.24. The summed E-state index contributed by atoms with van der Waals surface area (Å²) >= 11 is 12.2. The van der Waals surface area contributed by atoms with Crippen LogP contribution in [-0.4, -0.2) is 7.11 Å². The van der Waals surface area contributed by atoms with Crippen molar-refractivity contribution in [3.8, 4) is 11.5 Å². The fourth-order valence-electron chi connectivity index (χ4n) is 1.96. The Hall–Kier alpha value is -1.42. The van der Waals surface area contributed by atoms with Gasteiger partial charge in [0.2, 0.25) is 0 Å². The molecule has 0 amide bonds. The molecule has 0 spiro atoms. The minimum atomic E-state index is -0.138. The lowest BCUT2D eigenvalue weighted by atomic mass is 10.1. The van der Waals surface area contributed by atoms with Crippen molar-refractivity contribution in [1.29, 1.82) is 0 Å². The topological polar surface area (TPSA) is 44.5 Å². The number of benzene rings is 2. The molecule has 0 saturated heterocycles. The maximum Gasteiger partial charge on any atom is 0.128 e. The van der Waals surface area contributed by atoms with Crippen LogP contribution in [0.1, 0.15) is 24.1 Å². The van der Waals surface area contributed by atoms with Crippen molar-refractivity contribution < 1.29 is 9.47 Å². The zero-order valence-corrected chi connectivity index (χ0v) is 13.4. The molecule has 5 heteroatoms. The molecule has 0 saturated carbocycles. The number of methoxy groups -OCH3 is 1. The molecule has 0 aliphatic carbocycles. The highest BCUT2D eigenvalue weighted by Crippen LogP contribution is 2.31. The van der Waals surface area contributed by atoms with E-state index in [1.54, 1.807) is 13.2 Å². The molecule has 0 heterocycles. The van der Waals surface area contributed by atoms with Crippen LogP contribution >= 0.6 is 23.2 Å². The first-order chi connectivity index (χ1) is 10.0. The second-order valence-corrected chi connectivity index (χ2v) is 5.48. The summed E-state index contributed by atoms with van der Waals surface area (Å²) in [6, 6.07) is 10.9. The van der Waals surface area contributed by atoms with E-state index in [9.17, 15) is 0 Å². The van der Waals surface area contributed by atoms with E-state index in [-0.39, 0.29) is 6.04 Å². The first-order valence-electron chi connectivity index (χ1n) is 6.52. The van der Waals surface area contributed by atoms with Crippen LogP contribution in [0.25, 0.3) is 0 Å². The number of rotatable bonds is 5. The summed E-state index contributed by atoms with van der Waals surface area (Å²) in [7, 11) is 1.61. The Morgan fingerprint density at radius 2 is 1.95 bits per heavy atom. The predicted octanol–water partition coefficient (Wildman–Crippen LogP) is 4.60. The van der Waals surface area contributed by atoms with Crippen LogP contribution in [-0.2, 0) is 6.61 Å². The zero-order valence-electron chi connectivity index (χ0n) is 11.9. The molecule has 2 N–H and O–H groups in total. The Bertz CT molecular complexity index is 630. The van der Waals surface area contributed by atoms with Crippen molar-refractivity contribution in [1.82, 2.24) is 0 Å². The van der Waals surface area contributed by atoms with Gasteiger partial charge in [-0.05, 0) is 19.1 Å².